The van der Waals surface area contributed by atoms with E-state index in [4.69, 9.17) is 5.73 Å². The molecule has 0 spiro atoms. The molecule has 0 bridgehead atoms. The molecule has 0 aliphatic heterocycles. The van der Waals surface area contributed by atoms with Gasteiger partial charge in [-0.1, -0.05) is 6.07 Å². The van der Waals surface area contributed by atoms with E-state index < -0.39 is 0 Å². The van der Waals surface area contributed by atoms with Crippen molar-refractivity contribution < 1.29 is 0 Å². The van der Waals surface area contributed by atoms with Gasteiger partial charge in [-0.2, -0.15) is 16.3 Å². The number of nitrogen functional groups attached to an aromatic ring is 1. The summed E-state index contributed by atoms with van der Waals surface area (Å²) < 4.78 is 1.76. The van der Waals surface area contributed by atoms with E-state index in [2.05, 4.69) is 21.5 Å². The minimum atomic E-state index is 0.303. The average molecular weight is 216 g/mol. The van der Waals surface area contributed by atoms with Crippen LogP contribution in [0, 0.1) is 0 Å². The van der Waals surface area contributed by atoms with E-state index in [1.807, 2.05) is 23.6 Å². The first kappa shape index (κ1) is 8.43. The predicted molar refractivity (Wildman–Crippen MR) is 60.7 cm³/mol. The van der Waals surface area contributed by atoms with Gasteiger partial charge < -0.3 is 5.73 Å². The van der Waals surface area contributed by atoms with E-state index in [-0.39, 0.29) is 0 Å². The molecule has 3 aromatic heterocycles. The molecule has 0 aliphatic carbocycles. The summed E-state index contributed by atoms with van der Waals surface area (Å²) >= 11 is 1.66. The molecule has 2 N–H and O–H groups in total. The fraction of sp³-hybridized carbons (Fsp3) is 0. The molecule has 0 atom stereocenters. The molecule has 0 amide bonds. The average Bonchev–Trinajstić information content (AvgIpc) is 2.82. The molecule has 0 saturated heterocycles. The number of rotatable bonds is 1. The lowest BCUT2D eigenvalue weighted by Gasteiger charge is -1.99. The SMILES string of the molecule is Nc1nc2cccc(-c3ccsc3)n2n1. The number of hydrogen-bond donors (Lipinski definition) is 1. The first-order valence-electron chi connectivity index (χ1n) is 4.48. The summed E-state index contributed by atoms with van der Waals surface area (Å²) in [7, 11) is 0. The smallest absolute Gasteiger partial charge is 0.240 e. The first-order valence-corrected chi connectivity index (χ1v) is 5.43. The molecule has 3 heterocycles. The summed E-state index contributed by atoms with van der Waals surface area (Å²) in [6.45, 7) is 0. The highest BCUT2D eigenvalue weighted by Crippen LogP contribution is 2.22. The molecule has 0 aromatic carbocycles. The molecule has 74 valence electrons. The third kappa shape index (κ3) is 1.28. The highest BCUT2D eigenvalue weighted by molar-refractivity contribution is 7.08. The number of fused-ring (bicyclic) bond motifs is 1. The maximum atomic E-state index is 5.57. The molecule has 0 saturated carbocycles. The molecule has 0 unspecified atom stereocenters. The van der Waals surface area contributed by atoms with E-state index in [0.717, 1.165) is 16.9 Å². The van der Waals surface area contributed by atoms with Crippen LogP contribution in [0.15, 0.2) is 35.0 Å². The van der Waals surface area contributed by atoms with Crippen molar-refractivity contribution in [3.05, 3.63) is 35.0 Å². The zero-order valence-corrected chi connectivity index (χ0v) is 8.61. The maximum Gasteiger partial charge on any atom is 0.240 e. The monoisotopic (exact) mass is 216 g/mol. The summed E-state index contributed by atoms with van der Waals surface area (Å²) in [6, 6.07) is 7.90. The van der Waals surface area contributed by atoms with Gasteiger partial charge in [0.1, 0.15) is 0 Å². The molecule has 0 fully saturated rings. The van der Waals surface area contributed by atoms with Crippen LogP contribution < -0.4 is 5.73 Å². The molecule has 0 radical (unpaired) electrons. The van der Waals surface area contributed by atoms with Crippen molar-refractivity contribution in [2.24, 2.45) is 0 Å². The number of hydrogen-bond acceptors (Lipinski definition) is 4. The zero-order chi connectivity index (χ0) is 10.3. The Bertz CT molecular complexity index is 597. The van der Waals surface area contributed by atoms with Gasteiger partial charge in [0.25, 0.3) is 0 Å². The van der Waals surface area contributed by atoms with Gasteiger partial charge in [0.15, 0.2) is 5.65 Å². The second kappa shape index (κ2) is 3.06. The Kier molecular flexibility index (Phi) is 1.72. The van der Waals surface area contributed by atoms with Crippen molar-refractivity contribution in [1.82, 2.24) is 14.6 Å². The van der Waals surface area contributed by atoms with Crippen LogP contribution >= 0.6 is 11.3 Å². The number of nitrogens with two attached hydrogens (primary N) is 1. The summed E-state index contributed by atoms with van der Waals surface area (Å²) in [5.74, 6) is 0.303. The molecular weight excluding hydrogens is 208 g/mol. The van der Waals surface area contributed by atoms with E-state index in [1.54, 1.807) is 15.9 Å². The van der Waals surface area contributed by atoms with E-state index in [0.29, 0.717) is 5.95 Å². The van der Waals surface area contributed by atoms with Crippen LogP contribution in [0.4, 0.5) is 5.95 Å². The number of thiophene rings is 1. The molecule has 4 nitrogen and oxygen atoms in total. The lowest BCUT2D eigenvalue weighted by Crippen LogP contribution is -1.93. The summed E-state index contributed by atoms with van der Waals surface area (Å²) in [5.41, 5.74) is 8.49. The number of pyridine rings is 1. The van der Waals surface area contributed by atoms with Gasteiger partial charge in [0, 0.05) is 10.9 Å². The van der Waals surface area contributed by atoms with Crippen molar-refractivity contribution in [1.29, 1.82) is 0 Å². The van der Waals surface area contributed by atoms with Crippen molar-refractivity contribution in [3.8, 4) is 11.3 Å². The quantitative estimate of drug-likeness (QED) is 0.677. The van der Waals surface area contributed by atoms with E-state index in [1.165, 1.54) is 0 Å². The van der Waals surface area contributed by atoms with Gasteiger partial charge in [-0.15, -0.1) is 5.10 Å². The topological polar surface area (TPSA) is 56.2 Å². The van der Waals surface area contributed by atoms with Gasteiger partial charge in [0.05, 0.1) is 5.69 Å². The maximum absolute atomic E-state index is 5.57. The van der Waals surface area contributed by atoms with Gasteiger partial charge in [-0.05, 0) is 23.6 Å². The highest BCUT2D eigenvalue weighted by Gasteiger charge is 2.06. The third-order valence-corrected chi connectivity index (χ3v) is 2.88. The van der Waals surface area contributed by atoms with Crippen LogP contribution in [0.3, 0.4) is 0 Å². The summed E-state index contributed by atoms with van der Waals surface area (Å²) in [5, 5.41) is 8.27. The Morgan fingerprint density at radius 2 is 2.20 bits per heavy atom. The zero-order valence-electron chi connectivity index (χ0n) is 7.79. The van der Waals surface area contributed by atoms with Crippen molar-refractivity contribution in [2.45, 2.75) is 0 Å². The number of anilines is 1. The minimum absolute atomic E-state index is 0.303. The fourth-order valence-corrected chi connectivity index (χ4v) is 2.20. The lowest BCUT2D eigenvalue weighted by molar-refractivity contribution is 0.977. The molecule has 3 rings (SSSR count). The Morgan fingerprint density at radius 1 is 1.27 bits per heavy atom. The molecule has 3 aromatic rings. The van der Waals surface area contributed by atoms with Crippen molar-refractivity contribution in [3.63, 3.8) is 0 Å². The fourth-order valence-electron chi connectivity index (χ4n) is 1.55. The van der Waals surface area contributed by atoms with Crippen LogP contribution in [-0.2, 0) is 0 Å². The van der Waals surface area contributed by atoms with Crippen LogP contribution in [0.25, 0.3) is 16.9 Å². The van der Waals surface area contributed by atoms with Crippen molar-refractivity contribution in [2.75, 3.05) is 5.73 Å². The highest BCUT2D eigenvalue weighted by atomic mass is 32.1. The largest absolute Gasteiger partial charge is 0.366 e. The van der Waals surface area contributed by atoms with Gasteiger partial charge in [0.2, 0.25) is 5.95 Å². The standard InChI is InChI=1S/C10H8N4S/c11-10-12-9-3-1-2-8(14(9)13-10)7-4-5-15-6-7/h1-6H,(H2,11,13). The Balaban J connectivity index is 2.35. The van der Waals surface area contributed by atoms with Gasteiger partial charge in [-0.3, -0.25) is 0 Å². The van der Waals surface area contributed by atoms with Crippen molar-refractivity contribution >= 4 is 22.9 Å². The molecular formula is C10H8N4S. The van der Waals surface area contributed by atoms with E-state index in [9.17, 15) is 0 Å². The van der Waals surface area contributed by atoms with Gasteiger partial charge in [-0.25, -0.2) is 4.52 Å². The number of nitrogens with zero attached hydrogens (tertiary/aromatic N) is 3. The second-order valence-corrected chi connectivity index (χ2v) is 3.94. The summed E-state index contributed by atoms with van der Waals surface area (Å²) in [4.78, 5) is 4.12. The van der Waals surface area contributed by atoms with E-state index >= 15 is 0 Å². The Morgan fingerprint density at radius 3 is 3.00 bits per heavy atom. The first-order chi connectivity index (χ1) is 7.34. The normalized spacial score (nSPS) is 10.9. The van der Waals surface area contributed by atoms with Crippen LogP contribution in [-0.4, -0.2) is 14.6 Å². The third-order valence-electron chi connectivity index (χ3n) is 2.19. The molecule has 5 heteroatoms. The Labute approximate surface area is 90.0 Å². The lowest BCUT2D eigenvalue weighted by atomic mass is 10.2. The predicted octanol–water partition coefficient (Wildman–Crippen LogP) is 2.04. The Hall–Kier alpha value is -1.88. The van der Waals surface area contributed by atoms with Crippen LogP contribution in [0.2, 0.25) is 0 Å². The number of aromatic nitrogens is 3. The summed E-state index contributed by atoms with van der Waals surface area (Å²) in [6.07, 6.45) is 0. The molecule has 0 aliphatic rings. The van der Waals surface area contributed by atoms with Crippen LogP contribution in [0.1, 0.15) is 0 Å². The molecule has 15 heavy (non-hydrogen) atoms. The van der Waals surface area contributed by atoms with Gasteiger partial charge >= 0.3 is 0 Å². The second-order valence-electron chi connectivity index (χ2n) is 3.16. The minimum Gasteiger partial charge on any atom is -0.366 e. The van der Waals surface area contributed by atoms with Crippen LogP contribution in [0.5, 0.6) is 0 Å².